The van der Waals surface area contributed by atoms with E-state index in [0.29, 0.717) is 10.9 Å². The summed E-state index contributed by atoms with van der Waals surface area (Å²) in [6.45, 7) is 3.12. The van der Waals surface area contributed by atoms with E-state index in [0.717, 1.165) is 29.5 Å². The Labute approximate surface area is 138 Å². The lowest BCUT2D eigenvalue weighted by Gasteiger charge is -2.17. The van der Waals surface area contributed by atoms with Crippen LogP contribution in [0.15, 0.2) is 41.3 Å². The molecule has 1 atom stereocenters. The molecule has 0 fully saturated rings. The normalized spacial score (nSPS) is 12.5. The second kappa shape index (κ2) is 8.79. The Morgan fingerprint density at radius 3 is 2.76 bits per heavy atom. The van der Waals surface area contributed by atoms with Gasteiger partial charge in [-0.25, -0.2) is 4.39 Å². The third-order valence-electron chi connectivity index (χ3n) is 3.04. The highest BCUT2D eigenvalue weighted by molar-refractivity contribution is 7.99. The minimum atomic E-state index is -0.143. The first kappa shape index (κ1) is 16.8. The van der Waals surface area contributed by atoms with Crippen LogP contribution in [0.25, 0.3) is 0 Å². The quantitative estimate of drug-likeness (QED) is 0.657. The second-order valence-electron chi connectivity index (χ2n) is 4.80. The van der Waals surface area contributed by atoms with Gasteiger partial charge in [0.25, 0.3) is 0 Å². The Morgan fingerprint density at radius 2 is 2.10 bits per heavy atom. The number of halogens is 2. The van der Waals surface area contributed by atoms with Gasteiger partial charge in [0.15, 0.2) is 0 Å². The SMILES string of the molecule is CCCNC(CSc1ccccc1F)Cc1ccc(Cl)s1. The Bertz CT molecular complexity index is 559. The molecule has 2 aromatic rings. The average Bonchev–Trinajstić information content (AvgIpc) is 2.88. The van der Waals surface area contributed by atoms with E-state index < -0.39 is 0 Å². The summed E-state index contributed by atoms with van der Waals surface area (Å²) in [7, 11) is 0. The molecule has 0 saturated heterocycles. The molecule has 114 valence electrons. The molecule has 0 aliphatic heterocycles. The fourth-order valence-electron chi connectivity index (χ4n) is 1.99. The summed E-state index contributed by atoms with van der Waals surface area (Å²) in [5.74, 6) is 0.701. The average molecular weight is 344 g/mol. The molecule has 21 heavy (non-hydrogen) atoms. The van der Waals surface area contributed by atoms with Crippen molar-refractivity contribution in [2.24, 2.45) is 0 Å². The predicted molar refractivity (Wildman–Crippen MR) is 92.2 cm³/mol. The number of rotatable bonds is 8. The maximum absolute atomic E-state index is 13.7. The van der Waals surface area contributed by atoms with Crippen LogP contribution in [-0.2, 0) is 6.42 Å². The summed E-state index contributed by atoms with van der Waals surface area (Å²) in [5.41, 5.74) is 0. The Kier molecular flexibility index (Phi) is 7.04. The van der Waals surface area contributed by atoms with E-state index in [9.17, 15) is 4.39 Å². The molecule has 1 aromatic carbocycles. The highest BCUT2D eigenvalue weighted by atomic mass is 35.5. The van der Waals surface area contributed by atoms with Gasteiger partial charge < -0.3 is 5.32 Å². The van der Waals surface area contributed by atoms with Crippen LogP contribution in [0.2, 0.25) is 4.34 Å². The van der Waals surface area contributed by atoms with Crippen LogP contribution in [0.4, 0.5) is 4.39 Å². The molecule has 0 spiro atoms. The molecule has 1 nitrogen and oxygen atoms in total. The Balaban J connectivity index is 1.94. The van der Waals surface area contributed by atoms with Crippen molar-refractivity contribution in [2.45, 2.75) is 30.7 Å². The second-order valence-corrected chi connectivity index (χ2v) is 7.66. The van der Waals surface area contributed by atoms with Gasteiger partial charge in [-0.15, -0.1) is 23.1 Å². The fourth-order valence-corrected chi connectivity index (χ4v) is 4.16. The van der Waals surface area contributed by atoms with E-state index in [1.54, 1.807) is 29.2 Å². The molecular formula is C16H19ClFNS2. The monoisotopic (exact) mass is 343 g/mol. The smallest absolute Gasteiger partial charge is 0.136 e. The number of nitrogens with one attached hydrogen (secondary N) is 1. The zero-order chi connectivity index (χ0) is 15.1. The first-order valence-corrected chi connectivity index (χ1v) is 9.22. The van der Waals surface area contributed by atoms with Gasteiger partial charge in [-0.05, 0) is 43.7 Å². The summed E-state index contributed by atoms with van der Waals surface area (Å²) in [6.07, 6.45) is 2.02. The van der Waals surface area contributed by atoms with Gasteiger partial charge in [0.2, 0.25) is 0 Å². The zero-order valence-corrected chi connectivity index (χ0v) is 14.3. The van der Waals surface area contributed by atoms with Crippen molar-refractivity contribution in [3.8, 4) is 0 Å². The summed E-state index contributed by atoms with van der Waals surface area (Å²) < 4.78 is 14.5. The van der Waals surface area contributed by atoms with Gasteiger partial charge in [-0.1, -0.05) is 30.7 Å². The van der Waals surface area contributed by atoms with Crippen molar-refractivity contribution >= 4 is 34.7 Å². The van der Waals surface area contributed by atoms with Gasteiger partial charge >= 0.3 is 0 Å². The molecule has 0 aliphatic carbocycles. The number of thiophene rings is 1. The molecule has 2 rings (SSSR count). The highest BCUT2D eigenvalue weighted by Gasteiger charge is 2.12. The van der Waals surface area contributed by atoms with E-state index in [4.69, 9.17) is 11.6 Å². The summed E-state index contributed by atoms with van der Waals surface area (Å²) in [5, 5.41) is 3.54. The Morgan fingerprint density at radius 1 is 1.29 bits per heavy atom. The van der Waals surface area contributed by atoms with E-state index >= 15 is 0 Å². The Hall–Kier alpha value is -0.550. The van der Waals surface area contributed by atoms with Gasteiger partial charge in [-0.3, -0.25) is 0 Å². The topological polar surface area (TPSA) is 12.0 Å². The summed E-state index contributed by atoms with van der Waals surface area (Å²) >= 11 is 9.17. The van der Waals surface area contributed by atoms with E-state index in [-0.39, 0.29) is 5.82 Å². The lowest BCUT2D eigenvalue weighted by atomic mass is 10.2. The largest absolute Gasteiger partial charge is 0.313 e. The first-order chi connectivity index (χ1) is 10.2. The van der Waals surface area contributed by atoms with Crippen molar-refractivity contribution in [3.05, 3.63) is 51.4 Å². The number of hydrogen-bond donors (Lipinski definition) is 1. The maximum Gasteiger partial charge on any atom is 0.136 e. The van der Waals surface area contributed by atoms with E-state index in [1.165, 1.54) is 10.9 Å². The lowest BCUT2D eigenvalue weighted by molar-refractivity contribution is 0.552. The standard InChI is InChI=1S/C16H19ClFNS2/c1-2-9-19-12(10-13-7-8-16(17)21-13)11-20-15-6-4-3-5-14(15)18/h3-8,12,19H,2,9-11H2,1H3. The molecule has 0 radical (unpaired) electrons. The van der Waals surface area contributed by atoms with Gasteiger partial charge in [0.1, 0.15) is 5.82 Å². The van der Waals surface area contributed by atoms with Crippen LogP contribution in [0, 0.1) is 5.82 Å². The molecule has 1 N–H and O–H groups in total. The minimum absolute atomic E-state index is 0.143. The molecule has 0 saturated carbocycles. The fraction of sp³-hybridized carbons (Fsp3) is 0.375. The first-order valence-electron chi connectivity index (χ1n) is 7.04. The van der Waals surface area contributed by atoms with Gasteiger partial charge in [0.05, 0.1) is 4.34 Å². The van der Waals surface area contributed by atoms with Crippen molar-refractivity contribution in [2.75, 3.05) is 12.3 Å². The van der Waals surface area contributed by atoms with Gasteiger partial charge in [-0.2, -0.15) is 0 Å². The van der Waals surface area contributed by atoms with Crippen molar-refractivity contribution in [1.29, 1.82) is 0 Å². The zero-order valence-electron chi connectivity index (χ0n) is 11.9. The number of benzene rings is 1. The third kappa shape index (κ3) is 5.62. The molecule has 1 unspecified atom stereocenters. The van der Waals surface area contributed by atoms with Crippen molar-refractivity contribution in [1.82, 2.24) is 5.32 Å². The highest BCUT2D eigenvalue weighted by Crippen LogP contribution is 2.26. The van der Waals surface area contributed by atoms with Gasteiger partial charge in [0, 0.05) is 21.6 Å². The van der Waals surface area contributed by atoms with Crippen LogP contribution >= 0.6 is 34.7 Å². The maximum atomic E-state index is 13.7. The molecule has 0 bridgehead atoms. The molecule has 0 aliphatic rings. The number of thioether (sulfide) groups is 1. The lowest BCUT2D eigenvalue weighted by Crippen LogP contribution is -2.33. The molecule has 0 amide bonds. The van der Waals surface area contributed by atoms with E-state index in [2.05, 4.69) is 18.3 Å². The van der Waals surface area contributed by atoms with Crippen molar-refractivity contribution < 1.29 is 4.39 Å². The molecule has 5 heteroatoms. The predicted octanol–water partition coefficient (Wildman–Crippen LogP) is 5.24. The molecule has 1 aromatic heterocycles. The summed E-state index contributed by atoms with van der Waals surface area (Å²) in [4.78, 5) is 1.98. The summed E-state index contributed by atoms with van der Waals surface area (Å²) in [6, 6.07) is 11.3. The van der Waals surface area contributed by atoms with E-state index in [1.807, 2.05) is 18.2 Å². The van der Waals surface area contributed by atoms with Crippen LogP contribution in [0.5, 0.6) is 0 Å². The third-order valence-corrected chi connectivity index (χ3v) is 5.50. The van der Waals surface area contributed by atoms with Crippen LogP contribution in [-0.4, -0.2) is 18.3 Å². The van der Waals surface area contributed by atoms with Crippen LogP contribution < -0.4 is 5.32 Å². The molecular weight excluding hydrogens is 325 g/mol. The van der Waals surface area contributed by atoms with Crippen LogP contribution in [0.1, 0.15) is 18.2 Å². The molecule has 1 heterocycles. The van der Waals surface area contributed by atoms with Crippen LogP contribution in [0.3, 0.4) is 0 Å². The number of hydrogen-bond acceptors (Lipinski definition) is 3. The minimum Gasteiger partial charge on any atom is -0.313 e. The van der Waals surface area contributed by atoms with Crippen molar-refractivity contribution in [3.63, 3.8) is 0 Å².